The highest BCUT2D eigenvalue weighted by molar-refractivity contribution is 5.87. The molecule has 0 saturated heterocycles. The Hall–Kier alpha value is -1.51. The molecule has 0 aromatic heterocycles. The fraction of sp³-hybridized carbons (Fsp3) is 0.125. The topological polar surface area (TPSA) is 46.5 Å². The van der Waals surface area contributed by atoms with Crippen molar-refractivity contribution >= 4 is 5.97 Å². The van der Waals surface area contributed by atoms with Gasteiger partial charge in [-0.1, -0.05) is 0 Å². The van der Waals surface area contributed by atoms with Gasteiger partial charge < -0.3 is 9.84 Å². The molecule has 0 aliphatic carbocycles. The van der Waals surface area contributed by atoms with Crippen LogP contribution >= 0.6 is 0 Å². The van der Waals surface area contributed by atoms with E-state index in [0.717, 1.165) is 0 Å². The smallest absolute Gasteiger partial charge is 0.335 e. The Morgan fingerprint density at radius 1 is 1.55 bits per heavy atom. The standard InChI is InChI=1S/C8H8O3/c1-11-7-4-2-6(3-5-7)8(9)10/h2-5H,1H3,(H,9,10)/i1D3. The van der Waals surface area contributed by atoms with E-state index >= 15 is 0 Å². The third kappa shape index (κ3) is 1.70. The molecule has 0 spiro atoms. The number of carboxylic acids is 1. The van der Waals surface area contributed by atoms with Crippen molar-refractivity contribution < 1.29 is 18.8 Å². The first-order chi connectivity index (χ1) is 6.38. The maximum Gasteiger partial charge on any atom is 0.335 e. The predicted molar refractivity (Wildman–Crippen MR) is 40.0 cm³/mol. The molecule has 0 unspecified atom stereocenters. The van der Waals surface area contributed by atoms with E-state index < -0.39 is 13.0 Å². The van der Waals surface area contributed by atoms with E-state index in [0.29, 0.717) is 0 Å². The van der Waals surface area contributed by atoms with Gasteiger partial charge in [0.05, 0.1) is 16.7 Å². The lowest BCUT2D eigenvalue weighted by atomic mass is 10.2. The Balaban J connectivity index is 2.79. The summed E-state index contributed by atoms with van der Waals surface area (Å²) in [5.74, 6) is -0.944. The molecule has 0 heterocycles. The summed E-state index contributed by atoms with van der Waals surface area (Å²) >= 11 is 0. The molecule has 3 nitrogen and oxygen atoms in total. The van der Waals surface area contributed by atoms with E-state index in [1.54, 1.807) is 0 Å². The quantitative estimate of drug-likeness (QED) is 0.702. The van der Waals surface area contributed by atoms with Gasteiger partial charge in [0.15, 0.2) is 0 Å². The Morgan fingerprint density at radius 2 is 2.18 bits per heavy atom. The molecule has 11 heavy (non-hydrogen) atoms. The third-order valence-electron chi connectivity index (χ3n) is 1.22. The fourth-order valence-corrected chi connectivity index (χ4v) is 0.666. The molecular formula is C8H8O3. The second-order valence-electron chi connectivity index (χ2n) is 1.93. The van der Waals surface area contributed by atoms with Crippen molar-refractivity contribution in [3.05, 3.63) is 29.8 Å². The monoisotopic (exact) mass is 155 g/mol. The summed E-state index contributed by atoms with van der Waals surface area (Å²) in [6.07, 6.45) is 0. The number of benzene rings is 1. The van der Waals surface area contributed by atoms with Crippen LogP contribution in [-0.4, -0.2) is 18.1 Å². The third-order valence-corrected chi connectivity index (χ3v) is 1.22. The van der Waals surface area contributed by atoms with Crippen LogP contribution in [0.25, 0.3) is 0 Å². The average Bonchev–Trinajstić information content (AvgIpc) is 2.02. The van der Waals surface area contributed by atoms with Crippen LogP contribution in [0.1, 0.15) is 14.5 Å². The highest BCUT2D eigenvalue weighted by Crippen LogP contribution is 2.10. The molecule has 1 N–H and O–H groups in total. The minimum Gasteiger partial charge on any atom is -0.497 e. The molecule has 58 valence electrons. The van der Waals surface area contributed by atoms with Crippen LogP contribution < -0.4 is 4.74 Å². The molecule has 0 aliphatic heterocycles. The number of hydrogen-bond acceptors (Lipinski definition) is 2. The first-order valence-electron chi connectivity index (χ1n) is 4.41. The van der Waals surface area contributed by atoms with Crippen LogP contribution in [-0.2, 0) is 0 Å². The van der Waals surface area contributed by atoms with Gasteiger partial charge in [0, 0.05) is 0 Å². The number of hydrogen-bond donors (Lipinski definition) is 1. The first kappa shape index (κ1) is 4.38. The molecule has 0 radical (unpaired) electrons. The summed E-state index contributed by atoms with van der Waals surface area (Å²) in [5.41, 5.74) is 0.0860. The van der Waals surface area contributed by atoms with Gasteiger partial charge in [-0.3, -0.25) is 0 Å². The van der Waals surface area contributed by atoms with Crippen molar-refractivity contribution in [2.45, 2.75) is 0 Å². The van der Waals surface area contributed by atoms with Crippen LogP contribution in [0.5, 0.6) is 5.75 Å². The predicted octanol–water partition coefficient (Wildman–Crippen LogP) is 1.39. The molecule has 1 aromatic carbocycles. The van der Waals surface area contributed by atoms with Gasteiger partial charge in [-0.2, -0.15) is 0 Å². The van der Waals surface area contributed by atoms with Gasteiger partial charge in [0.25, 0.3) is 0 Å². The minimum absolute atomic E-state index is 0.0860. The molecular weight excluding hydrogens is 144 g/mol. The molecule has 0 fully saturated rings. The van der Waals surface area contributed by atoms with E-state index in [-0.39, 0.29) is 11.3 Å². The Labute approximate surface area is 68.4 Å². The van der Waals surface area contributed by atoms with Crippen molar-refractivity contribution in [3.63, 3.8) is 0 Å². The minimum atomic E-state index is -2.51. The van der Waals surface area contributed by atoms with Crippen LogP contribution in [0, 0.1) is 0 Å². The number of aromatic carboxylic acids is 1. The summed E-state index contributed by atoms with van der Waals surface area (Å²) in [4.78, 5) is 10.4. The molecule has 0 saturated carbocycles. The summed E-state index contributed by atoms with van der Waals surface area (Å²) in [6.45, 7) is 0. The maximum atomic E-state index is 10.4. The molecule has 0 bridgehead atoms. The second kappa shape index (κ2) is 3.05. The van der Waals surface area contributed by atoms with Crippen LogP contribution in [0.3, 0.4) is 0 Å². The van der Waals surface area contributed by atoms with Gasteiger partial charge >= 0.3 is 5.97 Å². The highest BCUT2D eigenvalue weighted by atomic mass is 16.5. The highest BCUT2D eigenvalue weighted by Gasteiger charge is 2.00. The number of methoxy groups -OCH3 is 1. The van der Waals surface area contributed by atoms with Crippen molar-refractivity contribution in [3.8, 4) is 5.75 Å². The SMILES string of the molecule is [2H]C([2H])([2H])Oc1ccc(C(=O)O)cc1. The van der Waals surface area contributed by atoms with Gasteiger partial charge in [0.2, 0.25) is 0 Å². The Kier molecular flexibility index (Phi) is 1.22. The van der Waals surface area contributed by atoms with E-state index in [1.807, 2.05) is 0 Å². The summed E-state index contributed by atoms with van der Waals surface area (Å²) < 4.78 is 25.0. The average molecular weight is 155 g/mol. The molecule has 0 aliphatic rings. The zero-order valence-corrected chi connectivity index (χ0v) is 5.57. The van der Waals surface area contributed by atoms with E-state index in [4.69, 9.17) is 9.22 Å². The molecule has 3 heteroatoms. The van der Waals surface area contributed by atoms with E-state index in [1.165, 1.54) is 24.3 Å². The second-order valence-corrected chi connectivity index (χ2v) is 1.93. The molecule has 1 aromatic rings. The largest absolute Gasteiger partial charge is 0.497 e. The number of rotatable bonds is 2. The van der Waals surface area contributed by atoms with Crippen molar-refractivity contribution in [2.75, 3.05) is 7.04 Å². The van der Waals surface area contributed by atoms with Gasteiger partial charge in [-0.05, 0) is 24.3 Å². The zero-order valence-electron chi connectivity index (χ0n) is 8.57. The molecule has 0 atom stereocenters. The summed E-state index contributed by atoms with van der Waals surface area (Å²) in [5, 5.41) is 8.56. The van der Waals surface area contributed by atoms with Crippen LogP contribution in [0.4, 0.5) is 0 Å². The number of carbonyl (C=O) groups is 1. The maximum absolute atomic E-state index is 10.4. The summed E-state index contributed by atoms with van der Waals surface area (Å²) in [6, 6.07) is 5.17. The lowest BCUT2D eigenvalue weighted by Gasteiger charge is -1.98. The van der Waals surface area contributed by atoms with Crippen LogP contribution in [0.2, 0.25) is 0 Å². The summed E-state index contributed by atoms with van der Waals surface area (Å²) in [7, 11) is -2.51. The lowest BCUT2D eigenvalue weighted by Crippen LogP contribution is -1.95. The molecule has 1 rings (SSSR count). The number of carboxylic acid groups (broad SMARTS) is 1. The van der Waals surface area contributed by atoms with E-state index in [2.05, 4.69) is 4.74 Å². The van der Waals surface area contributed by atoms with Gasteiger partial charge in [-0.15, -0.1) is 0 Å². The zero-order chi connectivity index (χ0) is 10.8. The molecule has 0 amide bonds. The van der Waals surface area contributed by atoms with Gasteiger partial charge in [0.1, 0.15) is 5.75 Å². The fourth-order valence-electron chi connectivity index (χ4n) is 0.666. The first-order valence-corrected chi connectivity index (χ1v) is 2.91. The van der Waals surface area contributed by atoms with Crippen molar-refractivity contribution in [1.82, 2.24) is 0 Å². The number of ether oxygens (including phenoxy) is 1. The van der Waals surface area contributed by atoms with Crippen LogP contribution in [0.15, 0.2) is 24.3 Å². The Morgan fingerprint density at radius 3 is 2.64 bits per heavy atom. The lowest BCUT2D eigenvalue weighted by molar-refractivity contribution is 0.0697. The van der Waals surface area contributed by atoms with Gasteiger partial charge in [-0.25, -0.2) is 4.79 Å². The Bertz CT molecular complexity index is 329. The van der Waals surface area contributed by atoms with Crippen molar-refractivity contribution in [1.29, 1.82) is 0 Å². The van der Waals surface area contributed by atoms with E-state index in [9.17, 15) is 4.79 Å². The van der Waals surface area contributed by atoms with Crippen molar-refractivity contribution in [2.24, 2.45) is 0 Å². The normalized spacial score (nSPS) is 14.4.